The molecule has 0 saturated carbocycles. The van der Waals surface area contributed by atoms with Crippen LogP contribution in [-0.4, -0.2) is 17.6 Å². The maximum absolute atomic E-state index is 6.31. The van der Waals surface area contributed by atoms with Gasteiger partial charge in [-0.25, -0.2) is 0 Å². The Morgan fingerprint density at radius 2 is 1.38 bits per heavy atom. The summed E-state index contributed by atoms with van der Waals surface area (Å²) in [6, 6.07) is 0. The summed E-state index contributed by atoms with van der Waals surface area (Å²) in [5.41, 5.74) is 6.77. The largest absolute Gasteiger partial charge is 0.324 e. The third kappa shape index (κ3) is 6.49. The monoisotopic (exact) mass is 228 g/mol. The van der Waals surface area contributed by atoms with Crippen LogP contribution in [0.15, 0.2) is 0 Å². The van der Waals surface area contributed by atoms with Crippen molar-refractivity contribution in [3.8, 4) is 0 Å². The molecule has 0 spiro atoms. The van der Waals surface area contributed by atoms with Gasteiger partial charge in [0.1, 0.15) is 0 Å². The molecule has 0 radical (unpaired) electrons. The molecular weight excluding hydrogens is 196 g/mol. The highest BCUT2D eigenvalue weighted by molar-refractivity contribution is 4.90. The van der Waals surface area contributed by atoms with Gasteiger partial charge in [0.15, 0.2) is 0 Å². The number of hydrogen-bond acceptors (Lipinski definition) is 2. The molecule has 98 valence electrons. The Balaban J connectivity index is 4.28. The van der Waals surface area contributed by atoms with Gasteiger partial charge < -0.3 is 11.1 Å². The topological polar surface area (TPSA) is 38.0 Å². The van der Waals surface area contributed by atoms with Crippen LogP contribution >= 0.6 is 0 Å². The molecule has 0 unspecified atom stereocenters. The number of rotatable bonds is 6. The van der Waals surface area contributed by atoms with E-state index in [1.165, 1.54) is 0 Å². The minimum atomic E-state index is -0.0465. The van der Waals surface area contributed by atoms with Gasteiger partial charge in [0.25, 0.3) is 0 Å². The summed E-state index contributed by atoms with van der Waals surface area (Å²) in [5, 5.41) is 3.63. The Morgan fingerprint density at radius 3 is 1.69 bits per heavy atom. The first kappa shape index (κ1) is 15.9. The molecule has 0 heterocycles. The van der Waals surface area contributed by atoms with Crippen LogP contribution in [0.1, 0.15) is 67.7 Å². The van der Waals surface area contributed by atoms with Crippen molar-refractivity contribution in [2.24, 2.45) is 11.1 Å². The Hall–Kier alpha value is -0.0800. The first-order chi connectivity index (χ1) is 7.04. The lowest BCUT2D eigenvalue weighted by Crippen LogP contribution is -2.54. The first-order valence-corrected chi connectivity index (χ1v) is 6.57. The minimum absolute atomic E-state index is 0.0465. The van der Waals surface area contributed by atoms with Crippen molar-refractivity contribution in [2.45, 2.75) is 78.8 Å². The molecule has 0 atom stereocenters. The lowest BCUT2D eigenvalue weighted by Gasteiger charge is -2.37. The molecule has 0 aliphatic carbocycles. The predicted molar refractivity (Wildman–Crippen MR) is 73.7 cm³/mol. The maximum Gasteiger partial charge on any atom is 0.0275 e. The van der Waals surface area contributed by atoms with Gasteiger partial charge >= 0.3 is 0 Å². The highest BCUT2D eigenvalue weighted by Crippen LogP contribution is 2.27. The molecule has 16 heavy (non-hydrogen) atoms. The SMILES string of the molecule is CCC(N)(CC)CNC(C)(C)CC(C)(C)C. The van der Waals surface area contributed by atoms with Crippen LogP contribution < -0.4 is 11.1 Å². The standard InChI is InChI=1S/C14H32N2/c1-8-14(15,9-2)11-16-13(6,7)10-12(3,4)5/h16H,8-11,15H2,1-7H3. The third-order valence-corrected chi connectivity index (χ3v) is 3.30. The van der Waals surface area contributed by atoms with E-state index in [2.05, 4.69) is 53.8 Å². The van der Waals surface area contributed by atoms with Gasteiger partial charge in [-0.3, -0.25) is 0 Å². The lowest BCUT2D eigenvalue weighted by atomic mass is 9.81. The second-order valence-corrected chi connectivity index (χ2v) is 7.04. The molecule has 0 aromatic rings. The van der Waals surface area contributed by atoms with Crippen molar-refractivity contribution in [1.82, 2.24) is 5.32 Å². The second-order valence-electron chi connectivity index (χ2n) is 7.04. The average Bonchev–Trinajstić information content (AvgIpc) is 2.11. The fraction of sp³-hybridized carbons (Fsp3) is 1.00. The number of nitrogens with two attached hydrogens (primary N) is 1. The summed E-state index contributed by atoms with van der Waals surface area (Å²) in [4.78, 5) is 0. The van der Waals surface area contributed by atoms with Crippen molar-refractivity contribution in [2.75, 3.05) is 6.54 Å². The van der Waals surface area contributed by atoms with E-state index in [1.807, 2.05) is 0 Å². The van der Waals surface area contributed by atoms with Gasteiger partial charge in [-0.1, -0.05) is 34.6 Å². The maximum atomic E-state index is 6.31. The molecule has 3 N–H and O–H groups in total. The third-order valence-electron chi connectivity index (χ3n) is 3.30. The van der Waals surface area contributed by atoms with Gasteiger partial charge in [-0.15, -0.1) is 0 Å². The number of nitrogens with one attached hydrogen (secondary N) is 1. The highest BCUT2D eigenvalue weighted by atomic mass is 15.0. The first-order valence-electron chi connectivity index (χ1n) is 6.57. The number of hydrogen-bond donors (Lipinski definition) is 2. The van der Waals surface area contributed by atoms with Crippen molar-refractivity contribution in [3.05, 3.63) is 0 Å². The molecule has 0 aromatic carbocycles. The van der Waals surface area contributed by atoms with Crippen molar-refractivity contribution < 1.29 is 0 Å². The molecule has 0 rings (SSSR count). The lowest BCUT2D eigenvalue weighted by molar-refractivity contribution is 0.220. The van der Waals surface area contributed by atoms with Crippen LogP contribution in [0.25, 0.3) is 0 Å². The molecule has 0 aliphatic rings. The predicted octanol–water partition coefficient (Wildman–Crippen LogP) is 3.31. The van der Waals surface area contributed by atoms with Crippen LogP contribution in [0.3, 0.4) is 0 Å². The highest BCUT2D eigenvalue weighted by Gasteiger charge is 2.28. The zero-order chi connectivity index (χ0) is 13.0. The molecule has 2 nitrogen and oxygen atoms in total. The Morgan fingerprint density at radius 1 is 0.938 bits per heavy atom. The van der Waals surface area contributed by atoms with Crippen LogP contribution in [0.2, 0.25) is 0 Å². The summed E-state index contributed by atoms with van der Waals surface area (Å²) >= 11 is 0. The molecule has 0 bridgehead atoms. The molecule has 0 aromatic heterocycles. The normalized spacial score (nSPS) is 14.2. The second kappa shape index (κ2) is 5.50. The van der Waals surface area contributed by atoms with E-state index >= 15 is 0 Å². The molecule has 0 amide bonds. The fourth-order valence-corrected chi connectivity index (χ4v) is 2.30. The van der Waals surface area contributed by atoms with Crippen LogP contribution in [0, 0.1) is 5.41 Å². The quantitative estimate of drug-likeness (QED) is 0.732. The average molecular weight is 228 g/mol. The van der Waals surface area contributed by atoms with E-state index in [0.717, 1.165) is 25.8 Å². The van der Waals surface area contributed by atoms with Gasteiger partial charge in [0.2, 0.25) is 0 Å². The van der Waals surface area contributed by atoms with Crippen LogP contribution in [0.4, 0.5) is 0 Å². The fourth-order valence-electron chi connectivity index (χ4n) is 2.30. The van der Waals surface area contributed by atoms with E-state index in [9.17, 15) is 0 Å². The summed E-state index contributed by atoms with van der Waals surface area (Å²) in [6.07, 6.45) is 3.22. The van der Waals surface area contributed by atoms with Crippen molar-refractivity contribution in [1.29, 1.82) is 0 Å². The van der Waals surface area contributed by atoms with Crippen LogP contribution in [-0.2, 0) is 0 Å². The molecule has 0 fully saturated rings. The van der Waals surface area contributed by atoms with E-state index in [-0.39, 0.29) is 11.1 Å². The zero-order valence-electron chi connectivity index (χ0n) is 12.4. The molecule has 0 saturated heterocycles. The summed E-state index contributed by atoms with van der Waals surface area (Å²) in [7, 11) is 0. The van der Waals surface area contributed by atoms with Crippen molar-refractivity contribution in [3.63, 3.8) is 0 Å². The van der Waals surface area contributed by atoms with Crippen LogP contribution in [0.5, 0.6) is 0 Å². The molecular formula is C14H32N2. The molecule has 0 aliphatic heterocycles. The summed E-state index contributed by atoms with van der Waals surface area (Å²) in [5.74, 6) is 0. The summed E-state index contributed by atoms with van der Waals surface area (Å²) < 4.78 is 0. The zero-order valence-corrected chi connectivity index (χ0v) is 12.4. The molecule has 2 heteroatoms. The minimum Gasteiger partial charge on any atom is -0.324 e. The van der Waals surface area contributed by atoms with Gasteiger partial charge in [0.05, 0.1) is 0 Å². The van der Waals surface area contributed by atoms with Crippen molar-refractivity contribution >= 4 is 0 Å². The van der Waals surface area contributed by atoms with Gasteiger partial charge in [-0.05, 0) is 38.5 Å². The Kier molecular flexibility index (Phi) is 5.48. The van der Waals surface area contributed by atoms with E-state index in [4.69, 9.17) is 5.73 Å². The van der Waals surface area contributed by atoms with Gasteiger partial charge in [0, 0.05) is 17.6 Å². The smallest absolute Gasteiger partial charge is 0.0275 e. The summed E-state index contributed by atoms with van der Waals surface area (Å²) in [6.45, 7) is 16.6. The van der Waals surface area contributed by atoms with E-state index in [0.29, 0.717) is 5.41 Å². The Labute approximate surface area is 102 Å². The van der Waals surface area contributed by atoms with Gasteiger partial charge in [-0.2, -0.15) is 0 Å². The Bertz CT molecular complexity index is 197. The van der Waals surface area contributed by atoms with E-state index in [1.54, 1.807) is 0 Å². The van der Waals surface area contributed by atoms with E-state index < -0.39 is 0 Å².